The van der Waals surface area contributed by atoms with E-state index >= 15 is 0 Å². The number of hydrogen-bond acceptors (Lipinski definition) is 4. The third kappa shape index (κ3) is 3.95. The zero-order chi connectivity index (χ0) is 13.5. The molecule has 4 nitrogen and oxygen atoms in total. The molecule has 0 amide bonds. The second-order valence-electron chi connectivity index (χ2n) is 4.47. The second-order valence-corrected chi connectivity index (χ2v) is 4.47. The van der Waals surface area contributed by atoms with Crippen LogP contribution in [0.2, 0.25) is 0 Å². The van der Waals surface area contributed by atoms with Crippen LogP contribution in [0.1, 0.15) is 31.9 Å². The van der Waals surface area contributed by atoms with Gasteiger partial charge in [-0.25, -0.2) is 4.98 Å². The van der Waals surface area contributed by atoms with Crippen LogP contribution in [0, 0.1) is 0 Å². The van der Waals surface area contributed by atoms with E-state index in [0.29, 0.717) is 5.95 Å². The third-order valence-electron chi connectivity index (χ3n) is 2.85. The lowest BCUT2D eigenvalue weighted by Crippen LogP contribution is -2.10. The van der Waals surface area contributed by atoms with Crippen LogP contribution in [0.4, 0.5) is 11.8 Å². The normalized spacial score (nSPS) is 11.9. The van der Waals surface area contributed by atoms with Gasteiger partial charge in [-0.2, -0.15) is 4.98 Å². The van der Waals surface area contributed by atoms with E-state index in [-0.39, 0.29) is 6.04 Å². The third-order valence-corrected chi connectivity index (χ3v) is 2.85. The number of hydrogen-bond donors (Lipinski definition) is 2. The van der Waals surface area contributed by atoms with Gasteiger partial charge in [-0.05, 0) is 25.0 Å². The van der Waals surface area contributed by atoms with Crippen LogP contribution < -0.4 is 10.6 Å². The van der Waals surface area contributed by atoms with Crippen LogP contribution in [0.25, 0.3) is 0 Å². The summed E-state index contributed by atoms with van der Waals surface area (Å²) in [7, 11) is 0. The molecule has 1 unspecified atom stereocenters. The molecule has 1 aromatic carbocycles. The summed E-state index contributed by atoms with van der Waals surface area (Å²) in [6, 6.07) is 12.4. The summed E-state index contributed by atoms with van der Waals surface area (Å²) in [6.45, 7) is 5.13. The molecule has 0 radical (unpaired) electrons. The summed E-state index contributed by atoms with van der Waals surface area (Å²) in [5, 5.41) is 6.57. The Bertz CT molecular complexity index is 499. The van der Waals surface area contributed by atoms with Crippen LogP contribution in [-0.4, -0.2) is 16.5 Å². The molecule has 100 valence electrons. The van der Waals surface area contributed by atoms with Crippen LogP contribution in [0.15, 0.2) is 42.6 Å². The average molecular weight is 256 g/mol. The first-order valence-electron chi connectivity index (χ1n) is 6.68. The minimum absolute atomic E-state index is 0.218. The zero-order valence-electron chi connectivity index (χ0n) is 11.4. The number of nitrogens with one attached hydrogen (secondary N) is 2. The summed E-state index contributed by atoms with van der Waals surface area (Å²) in [4.78, 5) is 8.64. The first kappa shape index (κ1) is 13.3. The van der Waals surface area contributed by atoms with E-state index in [0.717, 1.165) is 18.8 Å². The number of benzene rings is 1. The summed E-state index contributed by atoms with van der Waals surface area (Å²) in [5.74, 6) is 1.51. The molecule has 2 aromatic rings. The Morgan fingerprint density at radius 1 is 1.16 bits per heavy atom. The predicted molar refractivity (Wildman–Crippen MR) is 79.3 cm³/mol. The van der Waals surface area contributed by atoms with Gasteiger partial charge in [-0.1, -0.05) is 37.3 Å². The van der Waals surface area contributed by atoms with Crippen LogP contribution in [0.3, 0.4) is 0 Å². The van der Waals surface area contributed by atoms with Gasteiger partial charge in [-0.15, -0.1) is 0 Å². The van der Waals surface area contributed by atoms with E-state index in [4.69, 9.17) is 0 Å². The van der Waals surface area contributed by atoms with E-state index in [1.165, 1.54) is 5.56 Å². The summed E-state index contributed by atoms with van der Waals surface area (Å²) < 4.78 is 0. The minimum atomic E-state index is 0.218. The number of aromatic nitrogens is 2. The molecule has 4 heteroatoms. The van der Waals surface area contributed by atoms with Gasteiger partial charge in [-0.3, -0.25) is 0 Å². The van der Waals surface area contributed by atoms with Gasteiger partial charge in [0.1, 0.15) is 5.82 Å². The van der Waals surface area contributed by atoms with Gasteiger partial charge in [0.05, 0.1) is 0 Å². The molecular formula is C15H20N4. The van der Waals surface area contributed by atoms with Crippen molar-refractivity contribution in [2.45, 2.75) is 26.3 Å². The highest BCUT2D eigenvalue weighted by Crippen LogP contribution is 2.17. The van der Waals surface area contributed by atoms with E-state index in [1.807, 2.05) is 24.3 Å². The SMILES string of the molecule is CCCNc1nccc(NC(C)c2ccccc2)n1. The summed E-state index contributed by atoms with van der Waals surface area (Å²) >= 11 is 0. The quantitative estimate of drug-likeness (QED) is 0.831. The molecule has 1 atom stereocenters. The van der Waals surface area contributed by atoms with Crippen LogP contribution >= 0.6 is 0 Å². The Labute approximate surface area is 114 Å². The van der Waals surface area contributed by atoms with E-state index in [1.54, 1.807) is 6.20 Å². The Kier molecular flexibility index (Phi) is 4.72. The molecule has 2 N–H and O–H groups in total. The fourth-order valence-corrected chi connectivity index (χ4v) is 1.81. The van der Waals surface area contributed by atoms with Crippen molar-refractivity contribution in [3.8, 4) is 0 Å². The first-order chi connectivity index (χ1) is 9.29. The average Bonchev–Trinajstić information content (AvgIpc) is 2.46. The van der Waals surface area contributed by atoms with Gasteiger partial charge < -0.3 is 10.6 Å². The maximum absolute atomic E-state index is 4.44. The first-order valence-corrected chi connectivity index (χ1v) is 6.68. The molecule has 0 aliphatic rings. The molecule has 1 heterocycles. The maximum atomic E-state index is 4.44. The smallest absolute Gasteiger partial charge is 0.224 e. The van der Waals surface area contributed by atoms with Crippen molar-refractivity contribution in [2.75, 3.05) is 17.2 Å². The Morgan fingerprint density at radius 3 is 2.68 bits per heavy atom. The van der Waals surface area contributed by atoms with Gasteiger partial charge >= 0.3 is 0 Å². The highest BCUT2D eigenvalue weighted by molar-refractivity contribution is 5.41. The van der Waals surface area contributed by atoms with E-state index in [9.17, 15) is 0 Å². The summed E-state index contributed by atoms with van der Waals surface area (Å²) in [6.07, 6.45) is 2.83. The Hall–Kier alpha value is -2.10. The van der Waals surface area contributed by atoms with Crippen molar-refractivity contribution in [1.82, 2.24) is 9.97 Å². The van der Waals surface area contributed by atoms with Gasteiger partial charge in [0.25, 0.3) is 0 Å². The predicted octanol–water partition coefficient (Wildman–Crippen LogP) is 3.47. The van der Waals surface area contributed by atoms with Crippen molar-refractivity contribution in [1.29, 1.82) is 0 Å². The molecule has 0 bridgehead atoms. The van der Waals surface area contributed by atoms with Crippen molar-refractivity contribution in [3.63, 3.8) is 0 Å². The molecular weight excluding hydrogens is 236 g/mol. The topological polar surface area (TPSA) is 49.8 Å². The molecule has 0 spiro atoms. The lowest BCUT2D eigenvalue weighted by atomic mass is 10.1. The van der Waals surface area contributed by atoms with Crippen molar-refractivity contribution in [2.24, 2.45) is 0 Å². The van der Waals surface area contributed by atoms with Crippen LogP contribution in [0.5, 0.6) is 0 Å². The molecule has 19 heavy (non-hydrogen) atoms. The van der Waals surface area contributed by atoms with Gasteiger partial charge in [0.15, 0.2) is 0 Å². The van der Waals surface area contributed by atoms with Crippen molar-refractivity contribution in [3.05, 3.63) is 48.2 Å². The fourth-order valence-electron chi connectivity index (χ4n) is 1.81. The number of nitrogens with zero attached hydrogens (tertiary/aromatic N) is 2. The summed E-state index contributed by atoms with van der Waals surface area (Å²) in [5.41, 5.74) is 1.24. The minimum Gasteiger partial charge on any atom is -0.363 e. The lowest BCUT2D eigenvalue weighted by Gasteiger charge is -2.15. The highest BCUT2D eigenvalue weighted by Gasteiger charge is 2.05. The van der Waals surface area contributed by atoms with E-state index < -0.39 is 0 Å². The van der Waals surface area contributed by atoms with E-state index in [2.05, 4.69) is 46.6 Å². The largest absolute Gasteiger partial charge is 0.363 e. The molecule has 1 aromatic heterocycles. The number of rotatable bonds is 6. The Balaban J connectivity index is 2.02. The maximum Gasteiger partial charge on any atom is 0.224 e. The van der Waals surface area contributed by atoms with Gasteiger partial charge in [0.2, 0.25) is 5.95 Å². The highest BCUT2D eigenvalue weighted by atomic mass is 15.1. The standard InChI is InChI=1S/C15H20N4/c1-3-10-16-15-17-11-9-14(19-15)18-12(2)13-7-5-4-6-8-13/h4-9,11-12H,3,10H2,1-2H3,(H2,16,17,18,19). The number of anilines is 2. The monoisotopic (exact) mass is 256 g/mol. The molecule has 0 fully saturated rings. The molecule has 0 aliphatic heterocycles. The molecule has 2 rings (SSSR count). The van der Waals surface area contributed by atoms with Crippen molar-refractivity contribution >= 4 is 11.8 Å². The Morgan fingerprint density at radius 2 is 1.95 bits per heavy atom. The zero-order valence-corrected chi connectivity index (χ0v) is 11.4. The lowest BCUT2D eigenvalue weighted by molar-refractivity contribution is 0.870. The van der Waals surface area contributed by atoms with Crippen LogP contribution in [-0.2, 0) is 0 Å². The second kappa shape index (κ2) is 6.73. The van der Waals surface area contributed by atoms with Crippen molar-refractivity contribution < 1.29 is 0 Å². The van der Waals surface area contributed by atoms with Gasteiger partial charge in [0, 0.05) is 18.8 Å². The fraction of sp³-hybridized carbons (Fsp3) is 0.333. The molecule has 0 saturated heterocycles. The molecule has 0 aliphatic carbocycles. The molecule has 0 saturated carbocycles.